The molecule has 1 fully saturated rings. The molecule has 0 aromatic heterocycles. The number of hydrogen-bond acceptors (Lipinski definition) is 5. The Morgan fingerprint density at radius 3 is 2.29 bits per heavy atom. The number of likely N-dealkylation sites (tertiary alicyclic amines) is 1. The van der Waals surface area contributed by atoms with Crippen LogP contribution in [-0.2, 0) is 27.5 Å². The van der Waals surface area contributed by atoms with Crippen LogP contribution in [-0.4, -0.2) is 57.8 Å². The van der Waals surface area contributed by atoms with Gasteiger partial charge in [0.1, 0.15) is 12.1 Å². The zero-order valence-electron chi connectivity index (χ0n) is 19.3. The molecule has 1 saturated heterocycles. The summed E-state index contributed by atoms with van der Waals surface area (Å²) in [4.78, 5) is 36.0. The SMILES string of the molecule is CC(C)(C)[C@@H](O)C(=O)N1CCCC[C@H]1C(=O)NCc1cc(Cl)ccc1CN.O=C(O)C(F)(F)F. The van der Waals surface area contributed by atoms with Crippen molar-refractivity contribution in [1.29, 1.82) is 0 Å². The Hall–Kier alpha value is -2.37. The zero-order valence-corrected chi connectivity index (χ0v) is 20.0. The number of nitrogens with two attached hydrogens (primary N) is 1. The van der Waals surface area contributed by atoms with Gasteiger partial charge in [0.25, 0.3) is 5.91 Å². The van der Waals surface area contributed by atoms with Gasteiger partial charge in [-0.1, -0.05) is 38.4 Å². The highest BCUT2D eigenvalue weighted by Crippen LogP contribution is 2.25. The summed E-state index contributed by atoms with van der Waals surface area (Å²) in [6.07, 6.45) is -3.92. The summed E-state index contributed by atoms with van der Waals surface area (Å²) in [5, 5.41) is 21.0. The van der Waals surface area contributed by atoms with Crippen LogP contribution < -0.4 is 11.1 Å². The van der Waals surface area contributed by atoms with E-state index in [1.807, 2.05) is 26.8 Å². The predicted molar refractivity (Wildman–Crippen MR) is 120 cm³/mol. The second-order valence-corrected chi connectivity index (χ2v) is 9.39. The Morgan fingerprint density at radius 1 is 1.21 bits per heavy atom. The number of nitrogens with one attached hydrogen (secondary N) is 1. The molecule has 2 rings (SSSR count). The average Bonchev–Trinajstić information content (AvgIpc) is 2.75. The fourth-order valence-electron chi connectivity index (χ4n) is 3.25. The number of alkyl halides is 3. The van der Waals surface area contributed by atoms with Crippen LogP contribution in [0.3, 0.4) is 0 Å². The van der Waals surface area contributed by atoms with Gasteiger partial charge in [0.05, 0.1) is 0 Å². The van der Waals surface area contributed by atoms with Crippen molar-refractivity contribution in [2.75, 3.05) is 6.54 Å². The molecule has 0 spiro atoms. The van der Waals surface area contributed by atoms with Gasteiger partial charge >= 0.3 is 12.1 Å². The Bertz CT molecular complexity index is 874. The number of rotatable bonds is 5. The topological polar surface area (TPSA) is 133 Å². The number of piperidine rings is 1. The fourth-order valence-corrected chi connectivity index (χ4v) is 3.45. The van der Waals surface area contributed by atoms with E-state index < -0.39 is 29.7 Å². The fraction of sp³-hybridized carbons (Fsp3) is 0.591. The minimum atomic E-state index is -5.08. The third kappa shape index (κ3) is 8.77. The molecule has 8 nitrogen and oxygen atoms in total. The summed E-state index contributed by atoms with van der Waals surface area (Å²) in [7, 11) is 0. The summed E-state index contributed by atoms with van der Waals surface area (Å²) in [6, 6.07) is 4.84. The van der Waals surface area contributed by atoms with Crippen molar-refractivity contribution in [1.82, 2.24) is 10.2 Å². The molecule has 0 unspecified atom stereocenters. The van der Waals surface area contributed by atoms with Crippen LogP contribution in [0.2, 0.25) is 5.02 Å². The smallest absolute Gasteiger partial charge is 0.475 e. The van der Waals surface area contributed by atoms with Crippen molar-refractivity contribution in [2.45, 2.75) is 71.4 Å². The maximum absolute atomic E-state index is 12.8. The number of hydrogen-bond donors (Lipinski definition) is 4. The molecule has 1 aromatic carbocycles. The lowest BCUT2D eigenvalue weighted by molar-refractivity contribution is -0.192. The highest BCUT2D eigenvalue weighted by molar-refractivity contribution is 6.30. The van der Waals surface area contributed by atoms with Crippen molar-refractivity contribution >= 4 is 29.4 Å². The highest BCUT2D eigenvalue weighted by Gasteiger charge is 2.39. The largest absolute Gasteiger partial charge is 0.490 e. The number of amides is 2. The normalized spacial score (nSPS) is 17.3. The number of carbonyl (C=O) groups excluding carboxylic acids is 2. The molecule has 2 amide bonds. The number of carboxylic acids is 1. The van der Waals surface area contributed by atoms with E-state index in [1.54, 1.807) is 12.1 Å². The number of carboxylic acid groups (broad SMARTS) is 1. The third-order valence-electron chi connectivity index (χ3n) is 5.23. The van der Waals surface area contributed by atoms with E-state index in [1.165, 1.54) is 4.90 Å². The molecule has 2 atom stereocenters. The Labute approximate surface area is 201 Å². The van der Waals surface area contributed by atoms with Gasteiger partial charge in [-0.15, -0.1) is 0 Å². The predicted octanol–water partition coefficient (Wildman–Crippen LogP) is 2.84. The molecule has 192 valence electrons. The molecular weight excluding hydrogens is 479 g/mol. The van der Waals surface area contributed by atoms with Crippen LogP contribution in [0.5, 0.6) is 0 Å². The van der Waals surface area contributed by atoms with E-state index in [0.717, 1.165) is 24.0 Å². The molecule has 0 saturated carbocycles. The molecule has 1 heterocycles. The van der Waals surface area contributed by atoms with E-state index in [9.17, 15) is 27.9 Å². The van der Waals surface area contributed by atoms with Crippen LogP contribution in [0.4, 0.5) is 13.2 Å². The summed E-state index contributed by atoms with van der Waals surface area (Å²) in [5.41, 5.74) is 6.95. The molecule has 1 aliphatic heterocycles. The van der Waals surface area contributed by atoms with Gasteiger partial charge in [-0.3, -0.25) is 9.59 Å². The summed E-state index contributed by atoms with van der Waals surface area (Å²) >= 11 is 6.05. The van der Waals surface area contributed by atoms with E-state index >= 15 is 0 Å². The maximum atomic E-state index is 12.8. The highest BCUT2D eigenvalue weighted by atomic mass is 35.5. The lowest BCUT2D eigenvalue weighted by Crippen LogP contribution is -2.56. The second kappa shape index (κ2) is 12.4. The summed E-state index contributed by atoms with van der Waals surface area (Å²) < 4.78 is 31.7. The Balaban J connectivity index is 0.000000718. The maximum Gasteiger partial charge on any atom is 0.490 e. The zero-order chi connectivity index (χ0) is 26.3. The van der Waals surface area contributed by atoms with E-state index in [4.69, 9.17) is 27.2 Å². The van der Waals surface area contributed by atoms with Crippen molar-refractivity contribution in [3.05, 3.63) is 34.3 Å². The number of aliphatic hydroxyl groups is 1. The lowest BCUT2D eigenvalue weighted by atomic mass is 9.87. The van der Waals surface area contributed by atoms with Gasteiger partial charge in [0, 0.05) is 24.7 Å². The first-order valence-electron chi connectivity index (χ1n) is 10.6. The van der Waals surface area contributed by atoms with Crippen LogP contribution in [0.25, 0.3) is 0 Å². The number of aliphatic hydroxyl groups excluding tert-OH is 1. The molecule has 1 aromatic rings. The van der Waals surface area contributed by atoms with Gasteiger partial charge in [0.2, 0.25) is 5.91 Å². The Kier molecular flexibility index (Phi) is 10.8. The van der Waals surface area contributed by atoms with Gasteiger partial charge < -0.3 is 26.2 Å². The quantitative estimate of drug-likeness (QED) is 0.482. The molecule has 12 heteroatoms. The van der Waals surface area contributed by atoms with Crippen molar-refractivity contribution in [3.63, 3.8) is 0 Å². The second-order valence-electron chi connectivity index (χ2n) is 8.95. The molecular formula is C22H31ClF3N3O5. The van der Waals surface area contributed by atoms with Crippen LogP contribution >= 0.6 is 11.6 Å². The van der Waals surface area contributed by atoms with Crippen molar-refractivity contribution in [2.24, 2.45) is 11.1 Å². The lowest BCUT2D eigenvalue weighted by Gasteiger charge is -2.38. The standard InChI is InChI=1S/C20H30ClN3O3.C2HF3O2/c1-20(2,3)17(25)19(27)24-9-5-4-6-16(24)18(26)23-12-14-10-15(21)8-7-13(14)11-22;3-2(4,5)1(6)7/h7-8,10,16-17,25H,4-6,9,11-12,22H2,1-3H3,(H,23,26);(H,6,7)/t16-,17-;/m0./s1. The van der Waals surface area contributed by atoms with Gasteiger partial charge in [-0.05, 0) is 47.9 Å². The molecule has 0 radical (unpaired) electrons. The summed E-state index contributed by atoms with van der Waals surface area (Å²) in [6.45, 7) is 6.56. The van der Waals surface area contributed by atoms with Gasteiger partial charge in [-0.2, -0.15) is 13.2 Å². The van der Waals surface area contributed by atoms with Gasteiger partial charge in [0.15, 0.2) is 0 Å². The number of nitrogens with zero attached hydrogens (tertiary/aromatic N) is 1. The van der Waals surface area contributed by atoms with E-state index in [-0.39, 0.29) is 11.8 Å². The summed E-state index contributed by atoms with van der Waals surface area (Å²) in [5.74, 6) is -3.35. The van der Waals surface area contributed by atoms with Crippen LogP contribution in [0.1, 0.15) is 51.2 Å². The van der Waals surface area contributed by atoms with Gasteiger partial charge in [-0.25, -0.2) is 4.79 Å². The monoisotopic (exact) mass is 509 g/mol. The van der Waals surface area contributed by atoms with Crippen molar-refractivity contribution < 1.29 is 37.8 Å². The molecule has 34 heavy (non-hydrogen) atoms. The first-order chi connectivity index (χ1) is 15.6. The van der Waals surface area contributed by atoms with E-state index in [0.29, 0.717) is 31.1 Å². The number of carbonyl (C=O) groups is 3. The number of aliphatic carboxylic acids is 1. The number of halogens is 4. The van der Waals surface area contributed by atoms with Crippen LogP contribution in [0, 0.1) is 5.41 Å². The third-order valence-corrected chi connectivity index (χ3v) is 5.46. The Morgan fingerprint density at radius 2 is 1.79 bits per heavy atom. The van der Waals surface area contributed by atoms with E-state index in [2.05, 4.69) is 5.32 Å². The minimum absolute atomic E-state index is 0.216. The number of benzene rings is 1. The van der Waals surface area contributed by atoms with Crippen molar-refractivity contribution in [3.8, 4) is 0 Å². The molecule has 1 aliphatic rings. The molecule has 0 aliphatic carbocycles. The van der Waals surface area contributed by atoms with Crippen LogP contribution in [0.15, 0.2) is 18.2 Å². The molecule has 0 bridgehead atoms. The minimum Gasteiger partial charge on any atom is -0.475 e. The first kappa shape index (κ1) is 29.7. The average molecular weight is 510 g/mol. The molecule has 5 N–H and O–H groups in total. The first-order valence-corrected chi connectivity index (χ1v) is 11.0.